The van der Waals surface area contributed by atoms with Gasteiger partial charge in [0.2, 0.25) is 5.95 Å². The fourth-order valence-electron chi connectivity index (χ4n) is 2.72. The molecule has 1 amide bonds. The molecule has 8 nitrogen and oxygen atoms in total. The van der Waals surface area contributed by atoms with E-state index in [4.69, 9.17) is 5.41 Å². The van der Waals surface area contributed by atoms with Crippen molar-refractivity contribution in [3.63, 3.8) is 0 Å². The SMILES string of the molecule is CN(C)C(=O)c1cc(Nc2ncc(C=N)c(NCc3ccccc3F)n2)cn1C.[HH]. The fraction of sp³-hybridized carbons (Fsp3) is 0.200. The summed E-state index contributed by atoms with van der Waals surface area (Å²) in [5.41, 5.74) is 2.14. The van der Waals surface area contributed by atoms with E-state index in [-0.39, 0.29) is 19.7 Å². The topological polar surface area (TPSA) is 98.9 Å². The lowest BCUT2D eigenvalue weighted by atomic mass is 10.2. The Morgan fingerprint density at radius 3 is 2.83 bits per heavy atom. The van der Waals surface area contributed by atoms with E-state index in [0.717, 1.165) is 6.21 Å². The molecule has 1 aromatic carbocycles. The van der Waals surface area contributed by atoms with E-state index in [2.05, 4.69) is 20.6 Å². The van der Waals surface area contributed by atoms with Crippen LogP contribution in [0, 0.1) is 11.2 Å². The lowest BCUT2D eigenvalue weighted by Crippen LogP contribution is -2.23. The second-order valence-corrected chi connectivity index (χ2v) is 6.64. The molecule has 152 valence electrons. The van der Waals surface area contributed by atoms with Gasteiger partial charge in [0.25, 0.3) is 5.91 Å². The highest BCUT2D eigenvalue weighted by Crippen LogP contribution is 2.20. The first-order valence-electron chi connectivity index (χ1n) is 8.89. The molecule has 0 bridgehead atoms. The Labute approximate surface area is 169 Å². The number of hydrogen-bond donors (Lipinski definition) is 3. The van der Waals surface area contributed by atoms with Crippen LogP contribution >= 0.6 is 0 Å². The summed E-state index contributed by atoms with van der Waals surface area (Å²) >= 11 is 0. The predicted molar refractivity (Wildman–Crippen MR) is 112 cm³/mol. The van der Waals surface area contributed by atoms with Gasteiger partial charge in [-0.25, -0.2) is 9.37 Å². The van der Waals surface area contributed by atoms with Crippen LogP contribution in [0.1, 0.15) is 23.0 Å². The molecule has 0 unspecified atom stereocenters. The van der Waals surface area contributed by atoms with Crippen molar-refractivity contribution in [3.05, 3.63) is 65.4 Å². The van der Waals surface area contributed by atoms with Gasteiger partial charge in [0, 0.05) is 53.3 Å². The van der Waals surface area contributed by atoms with Crippen molar-refractivity contribution < 1.29 is 10.6 Å². The van der Waals surface area contributed by atoms with E-state index in [1.165, 1.54) is 17.2 Å². The van der Waals surface area contributed by atoms with Crippen molar-refractivity contribution in [2.75, 3.05) is 24.7 Å². The molecular formula is C20H24FN7O. The smallest absolute Gasteiger partial charge is 0.270 e. The summed E-state index contributed by atoms with van der Waals surface area (Å²) in [6, 6.07) is 8.17. The molecule has 9 heteroatoms. The summed E-state index contributed by atoms with van der Waals surface area (Å²) < 4.78 is 15.6. The first-order valence-corrected chi connectivity index (χ1v) is 8.89. The van der Waals surface area contributed by atoms with E-state index in [9.17, 15) is 9.18 Å². The third-order valence-electron chi connectivity index (χ3n) is 4.26. The normalized spacial score (nSPS) is 10.5. The van der Waals surface area contributed by atoms with E-state index in [0.29, 0.717) is 34.3 Å². The number of carbonyl (C=O) groups is 1. The van der Waals surface area contributed by atoms with Crippen LogP contribution in [0.2, 0.25) is 0 Å². The number of halogens is 1. The minimum atomic E-state index is -0.314. The van der Waals surface area contributed by atoms with Crippen molar-refractivity contribution in [3.8, 4) is 0 Å². The Morgan fingerprint density at radius 2 is 2.14 bits per heavy atom. The summed E-state index contributed by atoms with van der Waals surface area (Å²) in [6.07, 6.45) is 4.39. The maximum Gasteiger partial charge on any atom is 0.270 e. The highest BCUT2D eigenvalue weighted by atomic mass is 19.1. The lowest BCUT2D eigenvalue weighted by Gasteiger charge is -2.11. The maximum atomic E-state index is 13.8. The number of nitrogens with zero attached hydrogens (tertiary/aromatic N) is 4. The molecule has 3 rings (SSSR count). The number of aromatic nitrogens is 3. The van der Waals surface area contributed by atoms with Crippen LogP contribution in [0.4, 0.5) is 21.8 Å². The molecule has 0 saturated carbocycles. The van der Waals surface area contributed by atoms with Gasteiger partial charge in [-0.05, 0) is 12.1 Å². The first kappa shape index (κ1) is 20.0. The van der Waals surface area contributed by atoms with Gasteiger partial charge >= 0.3 is 0 Å². The van der Waals surface area contributed by atoms with Gasteiger partial charge in [-0.2, -0.15) is 4.98 Å². The third-order valence-corrected chi connectivity index (χ3v) is 4.26. The van der Waals surface area contributed by atoms with Crippen LogP contribution in [0.25, 0.3) is 0 Å². The molecule has 29 heavy (non-hydrogen) atoms. The number of nitrogens with one attached hydrogen (secondary N) is 3. The summed E-state index contributed by atoms with van der Waals surface area (Å²) in [6.45, 7) is 0.219. The molecular weight excluding hydrogens is 373 g/mol. The summed E-state index contributed by atoms with van der Waals surface area (Å²) in [5.74, 6) is 0.265. The second-order valence-electron chi connectivity index (χ2n) is 6.64. The molecule has 0 spiro atoms. The van der Waals surface area contributed by atoms with E-state index in [1.54, 1.807) is 56.2 Å². The zero-order valence-corrected chi connectivity index (χ0v) is 16.4. The third kappa shape index (κ3) is 4.57. The molecule has 0 aliphatic heterocycles. The molecule has 0 radical (unpaired) electrons. The average Bonchev–Trinajstić information content (AvgIpc) is 3.06. The Kier molecular flexibility index (Phi) is 5.87. The van der Waals surface area contributed by atoms with Gasteiger partial charge in [0.1, 0.15) is 17.3 Å². The van der Waals surface area contributed by atoms with Crippen molar-refractivity contribution >= 4 is 29.6 Å². The Balaban J connectivity index is 0.00000320. The van der Waals surface area contributed by atoms with Crippen molar-refractivity contribution in [2.45, 2.75) is 6.54 Å². The highest BCUT2D eigenvalue weighted by molar-refractivity contribution is 5.93. The fourth-order valence-corrected chi connectivity index (χ4v) is 2.72. The minimum Gasteiger partial charge on any atom is -0.365 e. The zero-order valence-electron chi connectivity index (χ0n) is 16.4. The number of aryl methyl sites for hydroxylation is 1. The Bertz CT molecular complexity index is 1050. The molecule has 2 aromatic heterocycles. The Morgan fingerprint density at radius 1 is 1.38 bits per heavy atom. The number of amides is 1. The van der Waals surface area contributed by atoms with E-state index in [1.807, 2.05) is 0 Å². The summed E-state index contributed by atoms with van der Waals surface area (Å²) in [4.78, 5) is 22.3. The molecule has 3 N–H and O–H groups in total. The van der Waals surface area contributed by atoms with Crippen LogP contribution < -0.4 is 10.6 Å². The molecule has 0 aliphatic carbocycles. The highest BCUT2D eigenvalue weighted by Gasteiger charge is 2.14. The van der Waals surface area contributed by atoms with Crippen LogP contribution in [0.15, 0.2) is 42.7 Å². The van der Waals surface area contributed by atoms with Crippen molar-refractivity contribution in [2.24, 2.45) is 7.05 Å². The maximum absolute atomic E-state index is 13.8. The van der Waals surface area contributed by atoms with Crippen LogP contribution in [-0.2, 0) is 13.6 Å². The van der Waals surface area contributed by atoms with E-state index >= 15 is 0 Å². The van der Waals surface area contributed by atoms with E-state index < -0.39 is 0 Å². The molecule has 0 fully saturated rings. The van der Waals surface area contributed by atoms with Crippen LogP contribution in [0.3, 0.4) is 0 Å². The lowest BCUT2D eigenvalue weighted by molar-refractivity contribution is 0.0818. The predicted octanol–water partition coefficient (Wildman–Crippen LogP) is 3.26. The number of carbonyl (C=O) groups excluding carboxylic acids is 1. The largest absolute Gasteiger partial charge is 0.365 e. The number of hydrogen-bond acceptors (Lipinski definition) is 6. The monoisotopic (exact) mass is 397 g/mol. The van der Waals surface area contributed by atoms with Gasteiger partial charge in [0.05, 0.1) is 11.3 Å². The number of anilines is 3. The molecule has 0 saturated heterocycles. The molecule has 0 aliphatic rings. The Hall–Kier alpha value is -3.75. The number of benzene rings is 1. The molecule has 0 atom stereocenters. The number of rotatable bonds is 7. The molecule has 3 aromatic rings. The first-order chi connectivity index (χ1) is 13.9. The summed E-state index contributed by atoms with van der Waals surface area (Å²) in [7, 11) is 5.16. The quantitative estimate of drug-likeness (QED) is 0.532. The van der Waals surface area contributed by atoms with Gasteiger partial charge in [0.15, 0.2) is 0 Å². The van der Waals surface area contributed by atoms with Crippen molar-refractivity contribution in [1.29, 1.82) is 5.41 Å². The van der Waals surface area contributed by atoms with Crippen LogP contribution in [-0.4, -0.2) is 45.7 Å². The molecule has 2 heterocycles. The zero-order chi connectivity index (χ0) is 21.0. The van der Waals surface area contributed by atoms with Gasteiger partial charge in [-0.3, -0.25) is 4.79 Å². The summed E-state index contributed by atoms with van der Waals surface area (Å²) in [5, 5.41) is 13.6. The average molecular weight is 397 g/mol. The minimum absolute atomic E-state index is 0. The second kappa shape index (κ2) is 8.51. The van der Waals surface area contributed by atoms with Gasteiger partial charge < -0.3 is 25.5 Å². The van der Waals surface area contributed by atoms with Gasteiger partial charge in [-0.15, -0.1) is 0 Å². The van der Waals surface area contributed by atoms with Gasteiger partial charge in [-0.1, -0.05) is 18.2 Å². The van der Waals surface area contributed by atoms with Crippen LogP contribution in [0.5, 0.6) is 0 Å². The van der Waals surface area contributed by atoms with Crippen molar-refractivity contribution in [1.82, 2.24) is 19.4 Å². The standard InChI is InChI=1S/C20H22FN7O.H2/c1-27(2)19(29)17-8-15(12-28(17)3)25-20-24-11-14(9-22)18(26-20)23-10-13-6-4-5-7-16(13)21;/h4-9,11-12,22H,10H2,1-3H3,(H2,23,24,25,26);1H.